The van der Waals surface area contributed by atoms with E-state index in [9.17, 15) is 0 Å². The summed E-state index contributed by atoms with van der Waals surface area (Å²) in [6, 6.07) is 59.6. The number of fused-ring (bicyclic) bond motifs is 12. The average molecular weight is 1120 g/mol. The van der Waals surface area contributed by atoms with Crippen molar-refractivity contribution in [3.63, 3.8) is 0 Å². The number of thiophene rings is 1. The van der Waals surface area contributed by atoms with Gasteiger partial charge in [-0.05, 0) is 211 Å². The van der Waals surface area contributed by atoms with E-state index in [1.54, 1.807) is 0 Å². The lowest BCUT2D eigenvalue weighted by molar-refractivity contribution is 0.332. The number of benzene rings is 8. The van der Waals surface area contributed by atoms with Crippen LogP contribution in [0.15, 0.2) is 156 Å². The normalized spacial score (nSPS) is 19.1. The van der Waals surface area contributed by atoms with Gasteiger partial charge in [0.05, 0.1) is 11.4 Å². The summed E-state index contributed by atoms with van der Waals surface area (Å²) >= 11 is 2.03. The molecule has 424 valence electrons. The molecule has 8 aromatic carbocycles. The van der Waals surface area contributed by atoms with Crippen molar-refractivity contribution in [2.24, 2.45) is 0 Å². The summed E-state index contributed by atoms with van der Waals surface area (Å²) in [4.78, 5) is 7.98. The number of para-hydroxylation sites is 2. The molecule has 0 unspecified atom stereocenters. The van der Waals surface area contributed by atoms with E-state index in [4.69, 9.17) is 4.42 Å². The van der Waals surface area contributed by atoms with E-state index in [0.29, 0.717) is 0 Å². The Morgan fingerprint density at radius 1 is 0.429 bits per heavy atom. The first-order valence-corrected chi connectivity index (χ1v) is 32.1. The first-order valence-electron chi connectivity index (χ1n) is 31.3. The fraction of sp³-hybridized carbons (Fsp3) is 0.359. The molecule has 0 N–H and O–H groups in total. The number of hydrogen-bond donors (Lipinski definition) is 0. The Hall–Kier alpha value is -7.02. The van der Waals surface area contributed by atoms with Gasteiger partial charge in [0.15, 0.2) is 0 Å². The van der Waals surface area contributed by atoms with Crippen LogP contribution in [0.5, 0.6) is 0 Å². The molecule has 84 heavy (non-hydrogen) atoms. The number of nitrogens with zero attached hydrogens (tertiary/aromatic N) is 3. The fourth-order valence-corrected chi connectivity index (χ4v) is 17.3. The van der Waals surface area contributed by atoms with Crippen LogP contribution in [0.3, 0.4) is 0 Å². The highest BCUT2D eigenvalue weighted by atomic mass is 32.1. The van der Waals surface area contributed by atoms with Crippen LogP contribution in [0, 0.1) is 0 Å². The smallest absolute Gasteiger partial charge is 0.264 e. The van der Waals surface area contributed by atoms with Gasteiger partial charge in [-0.2, -0.15) is 0 Å². The van der Waals surface area contributed by atoms with Gasteiger partial charge in [-0.3, -0.25) is 0 Å². The Morgan fingerprint density at radius 2 is 0.952 bits per heavy atom. The summed E-state index contributed by atoms with van der Waals surface area (Å²) in [7, 11) is 0. The molecule has 15 rings (SSSR count). The lowest BCUT2D eigenvalue weighted by atomic mass is 9.35. The Balaban J connectivity index is 1.11. The fourth-order valence-electron chi connectivity index (χ4n) is 16.0. The van der Waals surface area contributed by atoms with Gasteiger partial charge in [0.2, 0.25) is 0 Å². The summed E-state index contributed by atoms with van der Waals surface area (Å²) < 4.78 is 9.51. The van der Waals surface area contributed by atoms with Gasteiger partial charge >= 0.3 is 0 Å². The summed E-state index contributed by atoms with van der Waals surface area (Å²) in [5, 5.41) is 3.59. The molecule has 0 saturated heterocycles. The van der Waals surface area contributed by atoms with Gasteiger partial charge in [-0.25, -0.2) is 0 Å². The predicted octanol–water partition coefficient (Wildman–Crippen LogP) is 20.7. The first-order chi connectivity index (χ1) is 39.7. The molecule has 0 saturated carbocycles. The van der Waals surface area contributed by atoms with E-state index in [1.165, 1.54) is 112 Å². The predicted molar refractivity (Wildman–Crippen MR) is 362 cm³/mol. The zero-order valence-electron chi connectivity index (χ0n) is 52.4. The first kappa shape index (κ1) is 53.7. The van der Waals surface area contributed by atoms with Crippen molar-refractivity contribution in [2.45, 2.75) is 180 Å². The molecule has 4 heterocycles. The Bertz CT molecular complexity index is 4410. The monoisotopic (exact) mass is 1120 g/mol. The van der Waals surface area contributed by atoms with E-state index in [2.05, 4.69) is 270 Å². The van der Waals surface area contributed by atoms with Crippen LogP contribution < -0.4 is 30.4 Å². The second-order valence-electron chi connectivity index (χ2n) is 30.9. The summed E-state index contributed by atoms with van der Waals surface area (Å²) in [6.45, 7) is 36.9. The molecule has 5 aliphatic rings. The molecule has 4 nitrogen and oxygen atoms in total. The van der Waals surface area contributed by atoms with Crippen LogP contribution in [0.4, 0.5) is 51.2 Å². The zero-order valence-corrected chi connectivity index (χ0v) is 53.2. The molecular weight excluding hydrogens is 1040 g/mol. The Kier molecular flexibility index (Phi) is 11.4. The van der Waals surface area contributed by atoms with Crippen LogP contribution in [0.1, 0.15) is 181 Å². The highest BCUT2D eigenvalue weighted by Gasteiger charge is 2.50. The minimum atomic E-state index is -0.0483. The van der Waals surface area contributed by atoms with E-state index in [0.717, 1.165) is 64.7 Å². The van der Waals surface area contributed by atoms with Crippen molar-refractivity contribution in [3.05, 3.63) is 191 Å². The van der Waals surface area contributed by atoms with Gasteiger partial charge in [-0.15, -0.1) is 11.3 Å². The molecule has 0 amide bonds. The summed E-state index contributed by atoms with van der Waals surface area (Å²) in [5.74, 6) is 0. The van der Waals surface area contributed by atoms with Gasteiger partial charge in [-0.1, -0.05) is 165 Å². The van der Waals surface area contributed by atoms with Crippen LogP contribution >= 0.6 is 11.3 Å². The maximum absolute atomic E-state index is 6.76. The molecule has 6 heteroatoms. The van der Waals surface area contributed by atoms with Crippen LogP contribution in [-0.2, 0) is 37.9 Å². The molecule has 10 aromatic rings. The molecule has 2 aliphatic heterocycles. The van der Waals surface area contributed by atoms with E-state index in [1.807, 2.05) is 11.3 Å². The van der Waals surface area contributed by atoms with Gasteiger partial charge in [0.25, 0.3) is 6.71 Å². The van der Waals surface area contributed by atoms with Gasteiger partial charge < -0.3 is 19.1 Å². The van der Waals surface area contributed by atoms with Gasteiger partial charge in [0.1, 0.15) is 11.2 Å². The number of anilines is 9. The second-order valence-corrected chi connectivity index (χ2v) is 32.0. The largest absolute Gasteiger partial charge is 0.456 e. The maximum Gasteiger partial charge on any atom is 0.264 e. The van der Waals surface area contributed by atoms with Crippen molar-refractivity contribution in [1.29, 1.82) is 0 Å². The molecule has 0 spiro atoms. The lowest BCUT2D eigenvalue weighted by Crippen LogP contribution is -2.61. The van der Waals surface area contributed by atoms with E-state index >= 15 is 0 Å². The molecule has 0 bridgehead atoms. The zero-order chi connectivity index (χ0) is 58.6. The number of rotatable bonds is 5. The van der Waals surface area contributed by atoms with Crippen LogP contribution in [-0.4, -0.2) is 6.71 Å². The molecule has 0 radical (unpaired) electrons. The maximum atomic E-state index is 6.76. The van der Waals surface area contributed by atoms with Crippen LogP contribution in [0.2, 0.25) is 0 Å². The third-order valence-electron chi connectivity index (χ3n) is 21.6. The number of furan rings is 1. The van der Waals surface area contributed by atoms with Gasteiger partial charge in [0, 0.05) is 71.5 Å². The molecule has 0 atom stereocenters. The Morgan fingerprint density at radius 3 is 1.56 bits per heavy atom. The minimum absolute atomic E-state index is 0.00300. The topological polar surface area (TPSA) is 22.9 Å². The average Bonchev–Trinajstić information content (AvgIpc) is 1.18. The van der Waals surface area contributed by atoms with Crippen molar-refractivity contribution in [2.75, 3.05) is 14.7 Å². The third-order valence-corrected chi connectivity index (χ3v) is 22.8. The second kappa shape index (κ2) is 17.8. The SMILES string of the molecule is CC(C)(C)c1ccc2sc3c(c2c1)N(c1ccc2c(c1)C(C)(C)CCC2(C)C)c1cc(N(c2ccccc2)c2ccc4c(c2)oc2ccccc24)cc2c1B3c1cc3c(cc1N2c1ccc2c(c1)C(C)(C)CCC2(C)C)C(C)(C)CCC3(C)C. The standard InChI is InChI=1S/C78H82BN3OS/c1-72(2,3)47-25-32-68-55(39-47)70-71(84-68)79-62-45-60-61(78(14,15)38-37-77(60,12)13)46-63(62)81(49-27-30-56-58(40-49)75(8,9)35-33-73(56,4)5)64-42-52(43-65(69(64)79)82(70)50-28-31-57-59(41-50)76(10,11)36-34-74(57,6)7)80(48-21-17-16-18-22-48)51-26-29-54-53-23-19-20-24-66(53)83-67(54)44-51/h16-32,39-46H,33-38H2,1-15H3. The lowest BCUT2D eigenvalue weighted by Gasteiger charge is -2.48. The van der Waals surface area contributed by atoms with Crippen LogP contribution in [0.25, 0.3) is 32.0 Å². The minimum Gasteiger partial charge on any atom is -0.456 e. The number of hydrogen-bond acceptors (Lipinski definition) is 5. The summed E-state index contributed by atoms with van der Waals surface area (Å²) in [6.07, 6.45) is 6.92. The van der Waals surface area contributed by atoms with E-state index in [-0.39, 0.29) is 44.6 Å². The van der Waals surface area contributed by atoms with Crippen molar-refractivity contribution in [1.82, 2.24) is 0 Å². The Labute approximate surface area is 504 Å². The third kappa shape index (κ3) is 7.97. The van der Waals surface area contributed by atoms with Crippen molar-refractivity contribution >= 4 is 117 Å². The van der Waals surface area contributed by atoms with E-state index < -0.39 is 0 Å². The highest BCUT2D eigenvalue weighted by Crippen LogP contribution is 2.57. The molecule has 2 aromatic heterocycles. The van der Waals surface area contributed by atoms with Crippen molar-refractivity contribution < 1.29 is 4.42 Å². The molecule has 0 fully saturated rings. The quantitative estimate of drug-likeness (QED) is 0.160. The molecular formula is C78H82BN3OS. The molecule has 3 aliphatic carbocycles. The summed E-state index contributed by atoms with van der Waals surface area (Å²) in [5.41, 5.74) is 25.6. The van der Waals surface area contributed by atoms with Crippen molar-refractivity contribution in [3.8, 4) is 0 Å². The highest BCUT2D eigenvalue weighted by molar-refractivity contribution is 7.33.